The first-order valence-electron chi connectivity index (χ1n) is 10.3. The number of hydrogen-bond acceptors (Lipinski definition) is 6. The molecule has 1 aromatic heterocycles. The molecule has 0 amide bonds. The second-order valence-corrected chi connectivity index (χ2v) is 9.66. The van der Waals surface area contributed by atoms with Gasteiger partial charge in [0.25, 0.3) is 0 Å². The molecular weight excluding hydrogens is 434 g/mol. The normalized spacial score (nSPS) is 18.9. The number of nitrogens with zero attached hydrogens (tertiary/aromatic N) is 2. The smallest absolute Gasteiger partial charge is 0.225 e. The maximum absolute atomic E-state index is 11.2. The predicted molar refractivity (Wildman–Crippen MR) is 128 cm³/mol. The molecule has 4 rings (SSSR count). The predicted octanol–water partition coefficient (Wildman–Crippen LogP) is 4.44. The summed E-state index contributed by atoms with van der Waals surface area (Å²) in [5.41, 5.74) is 1.86. The standard InChI is InChI=1S/C22H27N5O2S.ClH/c23-30(28,29)15-14-16-10-12-18(13-11-16)25-22-26-20-9-5-4-8-19(20)21(27-22)24-17-6-2-1-3-7-17;/h1-9,16,18H,10-15H2,(H2,23,28,29)(H2,24,25,26,27);1H/t16-,18-;. The van der Waals surface area contributed by atoms with Crippen LogP contribution in [0.2, 0.25) is 0 Å². The SMILES string of the molecule is Cl.NS(=O)(=O)CC[C@H]1CC[C@H](Nc2nc(Nc3ccccc3)c3ccccc3n2)CC1. The second kappa shape index (κ2) is 10.3. The highest BCUT2D eigenvalue weighted by Gasteiger charge is 2.23. The molecule has 1 heterocycles. The zero-order chi connectivity index (χ0) is 21.0. The van der Waals surface area contributed by atoms with E-state index in [0.717, 1.165) is 48.1 Å². The van der Waals surface area contributed by atoms with Crippen LogP contribution in [0.25, 0.3) is 10.9 Å². The Morgan fingerprint density at radius 2 is 1.61 bits per heavy atom. The Bertz CT molecular complexity index is 1100. The third-order valence-electron chi connectivity index (χ3n) is 5.63. The third kappa shape index (κ3) is 6.53. The molecule has 2 aromatic carbocycles. The van der Waals surface area contributed by atoms with Crippen molar-refractivity contribution in [1.82, 2.24) is 9.97 Å². The lowest BCUT2D eigenvalue weighted by molar-refractivity contribution is 0.330. The highest BCUT2D eigenvalue weighted by atomic mass is 35.5. The van der Waals surface area contributed by atoms with Gasteiger partial charge in [0.2, 0.25) is 16.0 Å². The first kappa shape index (κ1) is 23.2. The Morgan fingerprint density at radius 1 is 0.935 bits per heavy atom. The zero-order valence-corrected chi connectivity index (χ0v) is 18.8. The molecule has 0 aliphatic heterocycles. The average molecular weight is 462 g/mol. The van der Waals surface area contributed by atoms with Crippen LogP contribution in [-0.4, -0.2) is 30.2 Å². The van der Waals surface area contributed by atoms with Gasteiger partial charge >= 0.3 is 0 Å². The van der Waals surface area contributed by atoms with Gasteiger partial charge in [0.1, 0.15) is 5.82 Å². The molecule has 9 heteroatoms. The molecule has 31 heavy (non-hydrogen) atoms. The highest BCUT2D eigenvalue weighted by Crippen LogP contribution is 2.30. The van der Waals surface area contributed by atoms with Gasteiger partial charge in [0.15, 0.2) is 0 Å². The van der Waals surface area contributed by atoms with Crippen LogP contribution in [0.4, 0.5) is 17.5 Å². The highest BCUT2D eigenvalue weighted by molar-refractivity contribution is 7.89. The summed E-state index contributed by atoms with van der Waals surface area (Å²) in [6.45, 7) is 0. The topological polar surface area (TPSA) is 110 Å². The third-order valence-corrected chi connectivity index (χ3v) is 6.44. The molecule has 0 saturated heterocycles. The summed E-state index contributed by atoms with van der Waals surface area (Å²) < 4.78 is 22.4. The minimum absolute atomic E-state index is 0. The first-order chi connectivity index (χ1) is 14.5. The molecule has 1 saturated carbocycles. The van der Waals surface area contributed by atoms with Crippen molar-refractivity contribution in [1.29, 1.82) is 0 Å². The van der Waals surface area contributed by atoms with E-state index in [4.69, 9.17) is 15.1 Å². The minimum Gasteiger partial charge on any atom is -0.351 e. The minimum atomic E-state index is -3.38. The van der Waals surface area contributed by atoms with Crippen molar-refractivity contribution in [2.45, 2.75) is 38.1 Å². The number of hydrogen-bond donors (Lipinski definition) is 3. The Kier molecular flexibility index (Phi) is 7.69. The number of nitrogens with two attached hydrogens (primary N) is 1. The summed E-state index contributed by atoms with van der Waals surface area (Å²) in [5.74, 6) is 1.86. The number of para-hydroxylation sites is 2. The van der Waals surface area contributed by atoms with Gasteiger partial charge in [-0.3, -0.25) is 0 Å². The van der Waals surface area contributed by atoms with Crippen LogP contribution in [0.3, 0.4) is 0 Å². The molecule has 0 spiro atoms. The van der Waals surface area contributed by atoms with Crippen molar-refractivity contribution in [3.05, 3.63) is 54.6 Å². The summed E-state index contributed by atoms with van der Waals surface area (Å²) in [6.07, 6.45) is 4.54. The van der Waals surface area contributed by atoms with Gasteiger partial charge in [-0.25, -0.2) is 18.5 Å². The molecule has 166 valence electrons. The van der Waals surface area contributed by atoms with Crippen LogP contribution in [0, 0.1) is 5.92 Å². The first-order valence-corrected chi connectivity index (χ1v) is 12.0. The van der Waals surface area contributed by atoms with Crippen molar-refractivity contribution in [2.24, 2.45) is 11.1 Å². The molecule has 1 aliphatic carbocycles. The molecule has 0 bridgehead atoms. The van der Waals surface area contributed by atoms with Gasteiger partial charge in [0, 0.05) is 17.1 Å². The molecule has 4 N–H and O–H groups in total. The van der Waals surface area contributed by atoms with Crippen LogP contribution in [0.5, 0.6) is 0 Å². The van der Waals surface area contributed by atoms with Gasteiger partial charge in [0.05, 0.1) is 11.3 Å². The monoisotopic (exact) mass is 461 g/mol. The summed E-state index contributed by atoms with van der Waals surface area (Å²) in [4.78, 5) is 9.45. The number of rotatable bonds is 7. The molecular formula is C22H28ClN5O2S. The largest absolute Gasteiger partial charge is 0.351 e. The molecule has 1 fully saturated rings. The molecule has 7 nitrogen and oxygen atoms in total. The average Bonchev–Trinajstić information content (AvgIpc) is 2.73. The number of aromatic nitrogens is 2. The number of sulfonamides is 1. The molecule has 0 atom stereocenters. The summed E-state index contributed by atoms with van der Waals surface area (Å²) >= 11 is 0. The molecule has 1 aliphatic rings. The molecule has 0 unspecified atom stereocenters. The lowest BCUT2D eigenvalue weighted by atomic mass is 9.84. The van der Waals surface area contributed by atoms with Crippen molar-refractivity contribution in [2.75, 3.05) is 16.4 Å². The van der Waals surface area contributed by atoms with E-state index < -0.39 is 10.0 Å². The Labute approximate surface area is 189 Å². The van der Waals surface area contributed by atoms with Crippen LogP contribution >= 0.6 is 12.4 Å². The Morgan fingerprint density at radius 3 is 2.32 bits per heavy atom. The van der Waals surface area contributed by atoms with Gasteiger partial charge in [-0.2, -0.15) is 4.98 Å². The van der Waals surface area contributed by atoms with E-state index in [1.807, 2.05) is 54.6 Å². The summed E-state index contributed by atoms with van der Waals surface area (Å²) in [7, 11) is -3.38. The fourth-order valence-corrected chi connectivity index (χ4v) is 4.67. The summed E-state index contributed by atoms with van der Waals surface area (Å²) in [6, 6.07) is 18.2. The lowest BCUT2D eigenvalue weighted by Crippen LogP contribution is -2.28. The maximum atomic E-state index is 11.2. The Hall–Kier alpha value is -2.42. The van der Waals surface area contributed by atoms with Gasteiger partial charge in [-0.05, 0) is 62.3 Å². The molecule has 0 radical (unpaired) electrons. The maximum Gasteiger partial charge on any atom is 0.225 e. The summed E-state index contributed by atoms with van der Waals surface area (Å²) in [5, 5.41) is 13.0. The van der Waals surface area contributed by atoms with Crippen molar-refractivity contribution < 1.29 is 8.42 Å². The number of primary sulfonamides is 1. The van der Waals surface area contributed by atoms with Crippen LogP contribution in [-0.2, 0) is 10.0 Å². The zero-order valence-electron chi connectivity index (χ0n) is 17.2. The Balaban J connectivity index is 0.00000272. The van der Waals surface area contributed by atoms with Crippen LogP contribution in [0.15, 0.2) is 54.6 Å². The van der Waals surface area contributed by atoms with E-state index in [1.165, 1.54) is 0 Å². The van der Waals surface area contributed by atoms with Gasteiger partial charge in [-0.15, -0.1) is 12.4 Å². The van der Waals surface area contributed by atoms with E-state index in [9.17, 15) is 8.42 Å². The number of anilines is 3. The van der Waals surface area contributed by atoms with Crippen molar-refractivity contribution >= 4 is 50.8 Å². The lowest BCUT2D eigenvalue weighted by Gasteiger charge is -2.29. The van der Waals surface area contributed by atoms with Crippen LogP contribution in [0.1, 0.15) is 32.1 Å². The van der Waals surface area contributed by atoms with Gasteiger partial charge < -0.3 is 10.6 Å². The quantitative estimate of drug-likeness (QED) is 0.479. The van der Waals surface area contributed by atoms with E-state index in [0.29, 0.717) is 18.3 Å². The second-order valence-electron chi connectivity index (χ2n) is 7.92. The number of fused-ring (bicyclic) bond motifs is 1. The number of benzene rings is 2. The number of halogens is 1. The molecule has 3 aromatic rings. The van der Waals surface area contributed by atoms with Gasteiger partial charge in [-0.1, -0.05) is 30.3 Å². The number of nitrogens with one attached hydrogen (secondary N) is 2. The fourth-order valence-electron chi connectivity index (χ4n) is 4.00. The van der Waals surface area contributed by atoms with Crippen molar-refractivity contribution in [3.63, 3.8) is 0 Å². The van der Waals surface area contributed by atoms with Crippen LogP contribution < -0.4 is 15.8 Å². The van der Waals surface area contributed by atoms with E-state index >= 15 is 0 Å². The fraction of sp³-hybridized carbons (Fsp3) is 0.364. The van der Waals surface area contributed by atoms with E-state index in [-0.39, 0.29) is 24.2 Å². The van der Waals surface area contributed by atoms with Crippen molar-refractivity contribution in [3.8, 4) is 0 Å². The van der Waals surface area contributed by atoms with E-state index in [1.54, 1.807) is 0 Å². The van der Waals surface area contributed by atoms with E-state index in [2.05, 4.69) is 10.6 Å².